The largest absolute Gasteiger partial charge is 0.367 e. The average Bonchev–Trinajstić information content (AvgIpc) is 2.92. The number of aromatic amines is 1. The molecule has 22 heavy (non-hydrogen) atoms. The van der Waals surface area contributed by atoms with Crippen LogP contribution in [0.1, 0.15) is 22.4 Å². The van der Waals surface area contributed by atoms with E-state index in [1.165, 1.54) is 16.7 Å². The van der Waals surface area contributed by atoms with Crippen molar-refractivity contribution >= 4 is 28.4 Å². The number of anilines is 1. The van der Waals surface area contributed by atoms with Gasteiger partial charge in [0.1, 0.15) is 17.6 Å². The summed E-state index contributed by atoms with van der Waals surface area (Å²) in [5, 5.41) is 13.5. The molecule has 3 aromatic rings. The minimum absolute atomic E-state index is 0.435. The van der Waals surface area contributed by atoms with E-state index < -0.39 is 0 Å². The predicted octanol–water partition coefficient (Wildman–Crippen LogP) is 3.71. The van der Waals surface area contributed by atoms with Crippen molar-refractivity contribution in [2.24, 2.45) is 0 Å². The number of fused-ring (bicyclic) bond motifs is 3. The van der Waals surface area contributed by atoms with Gasteiger partial charge in [0, 0.05) is 17.5 Å². The van der Waals surface area contributed by atoms with E-state index in [9.17, 15) is 0 Å². The van der Waals surface area contributed by atoms with Gasteiger partial charge in [0.15, 0.2) is 0 Å². The fourth-order valence-electron chi connectivity index (χ4n) is 2.83. The van der Waals surface area contributed by atoms with Gasteiger partial charge in [0.2, 0.25) is 0 Å². The predicted molar refractivity (Wildman–Crippen MR) is 88.3 cm³/mol. The molecule has 0 amide bonds. The third-order valence-electron chi connectivity index (χ3n) is 4.03. The Kier molecular flexibility index (Phi) is 2.73. The Bertz CT molecular complexity index is 940. The Morgan fingerprint density at radius 1 is 1.23 bits per heavy atom. The summed E-state index contributed by atoms with van der Waals surface area (Å²) in [4.78, 5) is 7.44. The molecule has 0 radical (unpaired) electrons. The second kappa shape index (κ2) is 4.74. The highest BCUT2D eigenvalue weighted by atomic mass is 15.0. The van der Waals surface area contributed by atoms with Crippen molar-refractivity contribution in [2.75, 3.05) is 11.9 Å². The highest BCUT2D eigenvalue weighted by Crippen LogP contribution is 2.34. The number of aromatic nitrogens is 2. The average molecular weight is 286 g/mol. The van der Waals surface area contributed by atoms with Crippen molar-refractivity contribution in [3.63, 3.8) is 0 Å². The fraction of sp³-hybridized carbons (Fsp3) is 0.111. The van der Waals surface area contributed by atoms with E-state index in [4.69, 9.17) is 5.26 Å². The molecule has 0 aliphatic carbocycles. The van der Waals surface area contributed by atoms with Gasteiger partial charge in [0.25, 0.3) is 0 Å². The number of hydrogen-bond donors (Lipinski definition) is 2. The van der Waals surface area contributed by atoms with E-state index in [2.05, 4.69) is 58.6 Å². The smallest absolute Gasteiger partial charge is 0.141 e. The highest BCUT2D eigenvalue weighted by molar-refractivity contribution is 6.02. The second-order valence-electron chi connectivity index (χ2n) is 5.53. The number of nitriles is 1. The molecular weight excluding hydrogens is 272 g/mol. The van der Waals surface area contributed by atoms with Crippen molar-refractivity contribution in [3.8, 4) is 6.07 Å². The van der Waals surface area contributed by atoms with Crippen LogP contribution in [0.3, 0.4) is 0 Å². The first kappa shape index (κ1) is 12.7. The van der Waals surface area contributed by atoms with Gasteiger partial charge in [-0.2, -0.15) is 5.26 Å². The molecule has 4 nitrogen and oxygen atoms in total. The maximum atomic E-state index is 9.04. The molecule has 2 aromatic heterocycles. The quantitative estimate of drug-likeness (QED) is 0.716. The van der Waals surface area contributed by atoms with E-state index in [1.54, 1.807) is 6.20 Å². The topological polar surface area (TPSA) is 64.5 Å². The lowest BCUT2D eigenvalue weighted by Crippen LogP contribution is -2.09. The standard InChI is InChI=1S/C18H14N4/c1-11-2-4-12(5-3-11)13-6-16-15-7-14(8-19)20-10-17(15)22-18(16)21-9-13/h2-7,10,21-22H,9H2,1H3. The monoisotopic (exact) mass is 286 g/mol. The molecule has 4 rings (SSSR count). The van der Waals surface area contributed by atoms with Crippen LogP contribution in [0.15, 0.2) is 36.5 Å². The summed E-state index contributed by atoms with van der Waals surface area (Å²) in [6.07, 6.45) is 3.91. The number of hydrogen-bond acceptors (Lipinski definition) is 3. The maximum Gasteiger partial charge on any atom is 0.141 e. The van der Waals surface area contributed by atoms with Crippen molar-refractivity contribution in [1.29, 1.82) is 5.26 Å². The Morgan fingerprint density at radius 2 is 2.05 bits per heavy atom. The van der Waals surface area contributed by atoms with Gasteiger partial charge in [0.05, 0.1) is 11.7 Å². The van der Waals surface area contributed by atoms with Crippen LogP contribution >= 0.6 is 0 Å². The summed E-state index contributed by atoms with van der Waals surface area (Å²) in [5.74, 6) is 0.989. The van der Waals surface area contributed by atoms with E-state index in [0.717, 1.165) is 28.8 Å². The Morgan fingerprint density at radius 3 is 2.82 bits per heavy atom. The van der Waals surface area contributed by atoms with Crippen LogP contribution < -0.4 is 5.32 Å². The third-order valence-corrected chi connectivity index (χ3v) is 4.03. The molecule has 0 saturated carbocycles. The fourth-order valence-corrected chi connectivity index (χ4v) is 2.83. The van der Waals surface area contributed by atoms with E-state index in [0.29, 0.717) is 5.69 Å². The molecule has 4 heteroatoms. The minimum atomic E-state index is 0.435. The molecule has 0 atom stereocenters. The van der Waals surface area contributed by atoms with Crippen LogP contribution in [0.2, 0.25) is 0 Å². The van der Waals surface area contributed by atoms with Crippen LogP contribution in [0.4, 0.5) is 5.82 Å². The van der Waals surface area contributed by atoms with E-state index in [-0.39, 0.29) is 0 Å². The van der Waals surface area contributed by atoms with Crippen LogP contribution in [0.25, 0.3) is 22.6 Å². The van der Waals surface area contributed by atoms with Gasteiger partial charge >= 0.3 is 0 Å². The number of rotatable bonds is 1. The summed E-state index contributed by atoms with van der Waals surface area (Å²) in [5.41, 5.74) is 6.18. The number of pyridine rings is 1. The van der Waals surface area contributed by atoms with Crippen LogP contribution in [0.5, 0.6) is 0 Å². The second-order valence-corrected chi connectivity index (χ2v) is 5.53. The summed E-state index contributed by atoms with van der Waals surface area (Å²) in [7, 11) is 0. The van der Waals surface area contributed by atoms with Gasteiger partial charge in [-0.15, -0.1) is 0 Å². The summed E-state index contributed by atoms with van der Waals surface area (Å²) >= 11 is 0. The molecule has 3 heterocycles. The number of H-pyrrole nitrogens is 1. The lowest BCUT2D eigenvalue weighted by atomic mass is 9.99. The van der Waals surface area contributed by atoms with Crippen molar-refractivity contribution < 1.29 is 0 Å². The molecule has 0 bridgehead atoms. The first-order valence-electron chi connectivity index (χ1n) is 7.18. The van der Waals surface area contributed by atoms with Crippen LogP contribution in [0, 0.1) is 18.3 Å². The van der Waals surface area contributed by atoms with Gasteiger partial charge in [-0.25, -0.2) is 4.98 Å². The van der Waals surface area contributed by atoms with Crippen LogP contribution in [-0.4, -0.2) is 16.5 Å². The molecule has 1 aromatic carbocycles. The maximum absolute atomic E-state index is 9.04. The first-order valence-corrected chi connectivity index (χ1v) is 7.18. The summed E-state index contributed by atoms with van der Waals surface area (Å²) in [6, 6.07) is 12.5. The van der Waals surface area contributed by atoms with Gasteiger partial charge in [-0.3, -0.25) is 0 Å². The summed E-state index contributed by atoms with van der Waals surface area (Å²) in [6.45, 7) is 2.87. The summed E-state index contributed by atoms with van der Waals surface area (Å²) < 4.78 is 0. The lowest BCUT2D eigenvalue weighted by Gasteiger charge is -2.16. The van der Waals surface area contributed by atoms with Gasteiger partial charge in [-0.1, -0.05) is 29.8 Å². The normalized spacial score (nSPS) is 13.2. The minimum Gasteiger partial charge on any atom is -0.367 e. The molecular formula is C18H14N4. The van der Waals surface area contributed by atoms with Gasteiger partial charge < -0.3 is 10.3 Å². The molecule has 1 aliphatic rings. The Hall–Kier alpha value is -3.06. The molecule has 2 N–H and O–H groups in total. The molecule has 0 spiro atoms. The third kappa shape index (κ3) is 1.95. The van der Waals surface area contributed by atoms with Crippen molar-refractivity contribution in [1.82, 2.24) is 9.97 Å². The molecule has 1 aliphatic heterocycles. The number of nitrogens with one attached hydrogen (secondary N) is 2. The Labute approximate surface area is 128 Å². The van der Waals surface area contributed by atoms with E-state index in [1.807, 2.05) is 6.07 Å². The van der Waals surface area contributed by atoms with Gasteiger partial charge in [-0.05, 0) is 30.2 Å². The zero-order valence-corrected chi connectivity index (χ0v) is 12.1. The lowest BCUT2D eigenvalue weighted by molar-refractivity contribution is 1.25. The SMILES string of the molecule is Cc1ccc(C2=Cc3c([nH]c4cnc(C#N)cc34)NC2)cc1. The zero-order valence-electron chi connectivity index (χ0n) is 12.1. The number of aryl methyl sites for hydroxylation is 1. The molecule has 106 valence electrons. The van der Waals surface area contributed by atoms with E-state index >= 15 is 0 Å². The van der Waals surface area contributed by atoms with Crippen molar-refractivity contribution in [3.05, 3.63) is 58.9 Å². The number of benzene rings is 1. The zero-order chi connectivity index (χ0) is 15.1. The highest BCUT2D eigenvalue weighted by Gasteiger charge is 2.16. The molecule has 0 fully saturated rings. The Balaban J connectivity index is 1.87. The van der Waals surface area contributed by atoms with Crippen LogP contribution in [-0.2, 0) is 0 Å². The number of nitrogens with zero attached hydrogens (tertiary/aromatic N) is 2. The molecule has 0 saturated heterocycles. The first-order chi connectivity index (χ1) is 10.7. The molecule has 0 unspecified atom stereocenters. The van der Waals surface area contributed by atoms with Crippen molar-refractivity contribution in [2.45, 2.75) is 6.92 Å².